The molecule has 2 heterocycles. The maximum absolute atomic E-state index is 13.7. The van der Waals surface area contributed by atoms with Crippen LogP contribution in [0.3, 0.4) is 0 Å². The van der Waals surface area contributed by atoms with Crippen LogP contribution in [0.5, 0.6) is 0 Å². The van der Waals surface area contributed by atoms with Crippen molar-refractivity contribution in [1.82, 2.24) is 9.80 Å². The van der Waals surface area contributed by atoms with Crippen molar-refractivity contribution < 1.29 is 9.59 Å². The normalized spacial score (nSPS) is 17.6. The van der Waals surface area contributed by atoms with Crippen LogP contribution in [0.25, 0.3) is 0 Å². The molecule has 0 radical (unpaired) electrons. The molecule has 2 aliphatic rings. The summed E-state index contributed by atoms with van der Waals surface area (Å²) < 4.78 is 0. The van der Waals surface area contributed by atoms with Crippen molar-refractivity contribution in [3.05, 3.63) is 106 Å². The fourth-order valence-corrected chi connectivity index (χ4v) is 4.86. The molecule has 0 spiro atoms. The molecule has 0 bridgehead atoms. The highest BCUT2D eigenvalue weighted by atomic mass is 35.5. The van der Waals surface area contributed by atoms with Crippen LogP contribution in [0, 0.1) is 0 Å². The molecule has 0 aliphatic carbocycles. The lowest BCUT2D eigenvalue weighted by Gasteiger charge is -2.40. The number of halogens is 1. The molecule has 0 N–H and O–H groups in total. The summed E-state index contributed by atoms with van der Waals surface area (Å²) in [4.78, 5) is 30.8. The minimum Gasteiger partial charge on any atom is -0.336 e. The molecule has 5 rings (SSSR count). The van der Waals surface area contributed by atoms with Gasteiger partial charge in [-0.15, -0.1) is 0 Å². The third-order valence-electron chi connectivity index (χ3n) is 6.34. The molecule has 4 nitrogen and oxygen atoms in total. The molecule has 0 saturated carbocycles. The Hall–Kier alpha value is -3.11. The zero-order chi connectivity index (χ0) is 21.4. The Morgan fingerprint density at radius 1 is 0.774 bits per heavy atom. The number of carbonyl (C=O) groups excluding carboxylic acids is 2. The highest BCUT2D eigenvalue weighted by Crippen LogP contribution is 2.29. The van der Waals surface area contributed by atoms with Gasteiger partial charge in [-0.3, -0.25) is 9.59 Å². The van der Waals surface area contributed by atoms with Crippen LogP contribution in [0.4, 0.5) is 0 Å². The number of amides is 2. The third-order valence-corrected chi connectivity index (χ3v) is 6.67. The molecule has 2 aliphatic heterocycles. The smallest absolute Gasteiger partial charge is 0.256 e. The lowest BCUT2D eigenvalue weighted by molar-refractivity contribution is -0.137. The van der Waals surface area contributed by atoms with E-state index in [4.69, 9.17) is 11.6 Å². The van der Waals surface area contributed by atoms with E-state index >= 15 is 0 Å². The second-order valence-electron chi connectivity index (χ2n) is 8.18. The van der Waals surface area contributed by atoms with Gasteiger partial charge in [-0.2, -0.15) is 0 Å². The minimum absolute atomic E-state index is 0.00408. The molecule has 3 aromatic carbocycles. The molecule has 156 valence electrons. The van der Waals surface area contributed by atoms with Crippen molar-refractivity contribution in [1.29, 1.82) is 0 Å². The standard InChI is InChI=1S/C26H23ClN2O2/c27-23-12-6-5-11-22(23)25(30)29-17-21-10-4-2-8-19(21)15-24(29)26(31)28-14-13-18-7-1-3-9-20(18)16-28/h1-12,24H,13-17H2. The summed E-state index contributed by atoms with van der Waals surface area (Å²) >= 11 is 6.33. The summed E-state index contributed by atoms with van der Waals surface area (Å²) in [7, 11) is 0. The van der Waals surface area contributed by atoms with Gasteiger partial charge in [-0.1, -0.05) is 72.3 Å². The molecule has 1 atom stereocenters. The highest BCUT2D eigenvalue weighted by Gasteiger charge is 2.38. The van der Waals surface area contributed by atoms with Crippen LogP contribution in [-0.4, -0.2) is 34.2 Å². The molecular formula is C26H23ClN2O2. The van der Waals surface area contributed by atoms with Crippen molar-refractivity contribution in [2.75, 3.05) is 6.54 Å². The summed E-state index contributed by atoms with van der Waals surface area (Å²) in [6.07, 6.45) is 1.35. The first-order valence-electron chi connectivity index (χ1n) is 10.6. The Morgan fingerprint density at radius 3 is 2.13 bits per heavy atom. The van der Waals surface area contributed by atoms with Crippen LogP contribution in [0.1, 0.15) is 32.6 Å². The van der Waals surface area contributed by atoms with Crippen molar-refractivity contribution in [3.8, 4) is 0 Å². The number of hydrogen-bond donors (Lipinski definition) is 0. The molecule has 5 heteroatoms. The Bertz CT molecular complexity index is 1160. The van der Waals surface area contributed by atoms with Gasteiger partial charge < -0.3 is 9.80 Å². The molecule has 0 fully saturated rings. The average Bonchev–Trinajstić information content (AvgIpc) is 2.82. The van der Waals surface area contributed by atoms with Gasteiger partial charge >= 0.3 is 0 Å². The number of carbonyl (C=O) groups is 2. The SMILES string of the molecule is O=C(C1Cc2ccccc2CN1C(=O)c1ccccc1Cl)N1CCc2ccccc2C1. The number of benzene rings is 3. The average molecular weight is 431 g/mol. The van der Waals surface area contributed by atoms with Crippen LogP contribution < -0.4 is 0 Å². The Labute approximate surface area is 187 Å². The van der Waals surface area contributed by atoms with Gasteiger partial charge in [0.15, 0.2) is 0 Å². The fraction of sp³-hybridized carbons (Fsp3) is 0.231. The van der Waals surface area contributed by atoms with E-state index in [1.165, 1.54) is 11.1 Å². The summed E-state index contributed by atoms with van der Waals surface area (Å²) in [5, 5.41) is 0.407. The van der Waals surface area contributed by atoms with Gasteiger partial charge in [-0.05, 0) is 40.8 Å². The molecule has 0 aromatic heterocycles. The third kappa shape index (κ3) is 3.72. The van der Waals surface area contributed by atoms with Crippen LogP contribution in [0.2, 0.25) is 5.02 Å². The molecule has 2 amide bonds. The zero-order valence-corrected chi connectivity index (χ0v) is 17.9. The molecule has 31 heavy (non-hydrogen) atoms. The zero-order valence-electron chi connectivity index (χ0n) is 17.1. The Kier molecular flexibility index (Phi) is 5.24. The summed E-state index contributed by atoms with van der Waals surface area (Å²) in [6, 6.07) is 22.8. The Balaban J connectivity index is 1.48. The van der Waals surface area contributed by atoms with Gasteiger partial charge in [0.2, 0.25) is 5.91 Å². The van der Waals surface area contributed by atoms with Gasteiger partial charge in [0, 0.05) is 26.1 Å². The molecule has 0 saturated heterocycles. The summed E-state index contributed by atoms with van der Waals surface area (Å²) in [6.45, 7) is 1.66. The largest absolute Gasteiger partial charge is 0.336 e. The van der Waals surface area contributed by atoms with E-state index in [1.807, 2.05) is 35.2 Å². The first-order valence-corrected chi connectivity index (χ1v) is 11.0. The number of fused-ring (bicyclic) bond motifs is 2. The second kappa shape index (κ2) is 8.20. The van der Waals surface area contributed by atoms with Crippen LogP contribution >= 0.6 is 11.6 Å². The number of rotatable bonds is 2. The van der Waals surface area contributed by atoms with Crippen LogP contribution in [-0.2, 0) is 30.7 Å². The van der Waals surface area contributed by atoms with Crippen LogP contribution in [0.15, 0.2) is 72.8 Å². The van der Waals surface area contributed by atoms with Crippen molar-refractivity contribution in [3.63, 3.8) is 0 Å². The van der Waals surface area contributed by atoms with Gasteiger partial charge in [0.05, 0.1) is 10.6 Å². The van der Waals surface area contributed by atoms with Crippen molar-refractivity contribution in [2.24, 2.45) is 0 Å². The summed E-state index contributed by atoms with van der Waals surface area (Å²) in [5.74, 6) is -0.194. The maximum atomic E-state index is 13.7. The molecule has 1 unspecified atom stereocenters. The van der Waals surface area contributed by atoms with E-state index < -0.39 is 6.04 Å². The van der Waals surface area contributed by atoms with E-state index in [1.54, 1.807) is 29.2 Å². The Morgan fingerprint density at radius 2 is 1.39 bits per heavy atom. The van der Waals surface area contributed by atoms with Gasteiger partial charge in [-0.25, -0.2) is 0 Å². The van der Waals surface area contributed by atoms with Crippen molar-refractivity contribution in [2.45, 2.75) is 32.0 Å². The minimum atomic E-state index is -0.538. The predicted octanol–water partition coefficient (Wildman–Crippen LogP) is 4.49. The maximum Gasteiger partial charge on any atom is 0.256 e. The first kappa shape index (κ1) is 19.8. The molecule has 3 aromatic rings. The number of nitrogens with zero attached hydrogens (tertiary/aromatic N) is 2. The quantitative estimate of drug-likeness (QED) is 0.601. The summed E-state index contributed by atoms with van der Waals surface area (Å²) in [5.41, 5.74) is 5.12. The van der Waals surface area contributed by atoms with E-state index in [9.17, 15) is 9.59 Å². The fourth-order valence-electron chi connectivity index (χ4n) is 4.64. The first-order chi connectivity index (χ1) is 15.1. The van der Waals surface area contributed by atoms with E-state index in [0.29, 0.717) is 36.6 Å². The highest BCUT2D eigenvalue weighted by molar-refractivity contribution is 6.33. The van der Waals surface area contributed by atoms with Gasteiger partial charge in [0.1, 0.15) is 6.04 Å². The topological polar surface area (TPSA) is 40.6 Å². The lowest BCUT2D eigenvalue weighted by Crippen LogP contribution is -2.54. The lowest BCUT2D eigenvalue weighted by atomic mass is 9.91. The monoisotopic (exact) mass is 430 g/mol. The van der Waals surface area contributed by atoms with E-state index in [0.717, 1.165) is 17.5 Å². The second-order valence-corrected chi connectivity index (χ2v) is 8.59. The number of hydrogen-bond acceptors (Lipinski definition) is 2. The van der Waals surface area contributed by atoms with E-state index in [-0.39, 0.29) is 11.8 Å². The van der Waals surface area contributed by atoms with Gasteiger partial charge in [0.25, 0.3) is 5.91 Å². The van der Waals surface area contributed by atoms with E-state index in [2.05, 4.69) is 18.2 Å². The predicted molar refractivity (Wildman–Crippen MR) is 121 cm³/mol. The molecular weight excluding hydrogens is 408 g/mol. The van der Waals surface area contributed by atoms with Crippen molar-refractivity contribution >= 4 is 23.4 Å².